The molecule has 1 aromatic rings. The lowest BCUT2D eigenvalue weighted by atomic mass is 10.3. The highest BCUT2D eigenvalue weighted by Gasteiger charge is 2.07. The van der Waals surface area contributed by atoms with Crippen molar-refractivity contribution in [2.45, 2.75) is 20.4 Å². The molecular weight excluding hydrogens is 138 g/mol. The lowest BCUT2D eigenvalue weighted by Gasteiger charge is -1.92. The smallest absolute Gasteiger partial charge is 0.144 e. The fraction of sp³-hybridized carbons (Fsp3) is 0.375. The molecule has 1 aromatic heterocycles. The van der Waals surface area contributed by atoms with Gasteiger partial charge in [-0.2, -0.15) is 0 Å². The molecule has 11 heavy (non-hydrogen) atoms. The van der Waals surface area contributed by atoms with Crippen LogP contribution < -0.4 is 10.9 Å². The maximum absolute atomic E-state index is 4.09. The minimum atomic E-state index is 0. The summed E-state index contributed by atoms with van der Waals surface area (Å²) < 4.78 is 0. The number of hydrogen-bond donors (Lipinski definition) is 2. The van der Waals surface area contributed by atoms with Gasteiger partial charge in [-0.05, 0) is 6.07 Å². The summed E-state index contributed by atoms with van der Waals surface area (Å²) >= 11 is 0. The van der Waals surface area contributed by atoms with Crippen LogP contribution in [0.2, 0.25) is 0 Å². The molecule has 2 N–H and O–H groups in total. The van der Waals surface area contributed by atoms with E-state index in [1.165, 1.54) is 5.56 Å². The zero-order valence-corrected chi connectivity index (χ0v) is 6.89. The van der Waals surface area contributed by atoms with Crippen molar-refractivity contribution in [2.24, 2.45) is 0 Å². The van der Waals surface area contributed by atoms with Crippen molar-refractivity contribution in [3.63, 3.8) is 0 Å². The van der Waals surface area contributed by atoms with E-state index in [2.05, 4.69) is 21.9 Å². The van der Waals surface area contributed by atoms with Gasteiger partial charge in [0, 0.05) is 19.7 Å². The molecule has 0 saturated heterocycles. The van der Waals surface area contributed by atoms with Gasteiger partial charge in [0.25, 0.3) is 0 Å². The largest absolute Gasteiger partial charge is 0.305 e. The molecule has 0 bridgehead atoms. The van der Waals surface area contributed by atoms with Gasteiger partial charge in [0.05, 0.1) is 0 Å². The van der Waals surface area contributed by atoms with Gasteiger partial charge in [0.1, 0.15) is 5.82 Å². The van der Waals surface area contributed by atoms with Crippen LogP contribution in [0.15, 0.2) is 18.3 Å². The third-order valence-corrected chi connectivity index (χ3v) is 1.38. The van der Waals surface area contributed by atoms with Crippen LogP contribution in [0.25, 0.3) is 0 Å². The summed E-state index contributed by atoms with van der Waals surface area (Å²) in [6, 6.07) is 3.99. The van der Waals surface area contributed by atoms with Gasteiger partial charge in [-0.3, -0.25) is 0 Å². The average Bonchev–Trinajstić information content (AvgIpc) is 2.55. The van der Waals surface area contributed by atoms with Crippen LogP contribution in [0.3, 0.4) is 0 Å². The van der Waals surface area contributed by atoms with Crippen molar-refractivity contribution >= 4 is 5.82 Å². The van der Waals surface area contributed by atoms with Gasteiger partial charge in [0.15, 0.2) is 0 Å². The number of pyridine rings is 1. The predicted octanol–water partition coefficient (Wildman–Crippen LogP) is 1.78. The Balaban J connectivity index is 0.000000378. The molecule has 0 saturated carbocycles. The van der Waals surface area contributed by atoms with E-state index in [1.54, 1.807) is 6.20 Å². The zero-order valence-electron chi connectivity index (χ0n) is 6.89. The summed E-state index contributed by atoms with van der Waals surface area (Å²) in [6.45, 7) is 4.88. The minimum absolute atomic E-state index is 0. The molecule has 2 rings (SSSR count). The van der Waals surface area contributed by atoms with E-state index >= 15 is 0 Å². The third-order valence-electron chi connectivity index (χ3n) is 1.38. The molecule has 0 aliphatic carbocycles. The maximum atomic E-state index is 4.09. The Labute approximate surface area is 68.3 Å². The fourth-order valence-electron chi connectivity index (χ4n) is 0.917. The molecule has 3 nitrogen and oxygen atoms in total. The molecule has 1 aliphatic rings. The highest BCUT2D eigenvalue weighted by molar-refractivity contribution is 5.45. The Kier molecular flexibility index (Phi) is 2.86. The highest BCUT2D eigenvalue weighted by Crippen LogP contribution is 2.13. The van der Waals surface area contributed by atoms with E-state index in [0.29, 0.717) is 0 Å². The first-order chi connectivity index (χ1) is 5.47. The Morgan fingerprint density at radius 2 is 2.36 bits per heavy atom. The van der Waals surface area contributed by atoms with Gasteiger partial charge in [-0.15, -0.1) is 0 Å². The Bertz CT molecular complexity index is 204. The third kappa shape index (κ3) is 1.68. The first-order valence-electron chi connectivity index (χ1n) is 3.89. The van der Waals surface area contributed by atoms with Crippen LogP contribution in [-0.2, 0) is 6.54 Å². The van der Waals surface area contributed by atoms with Crippen LogP contribution in [0, 0.1) is 0 Å². The number of anilines is 1. The van der Waals surface area contributed by atoms with Gasteiger partial charge >= 0.3 is 0 Å². The predicted molar refractivity (Wildman–Crippen MR) is 48.2 cm³/mol. The van der Waals surface area contributed by atoms with Crippen molar-refractivity contribution in [3.8, 4) is 0 Å². The molecule has 0 unspecified atom stereocenters. The molecular formula is C8H15N3. The van der Waals surface area contributed by atoms with Crippen molar-refractivity contribution < 1.29 is 1.43 Å². The van der Waals surface area contributed by atoms with Crippen LogP contribution >= 0.6 is 0 Å². The summed E-state index contributed by atoms with van der Waals surface area (Å²) in [5.74, 6) is 0.956. The summed E-state index contributed by atoms with van der Waals surface area (Å²) in [7, 11) is 0. The SMILES string of the molecule is CC.[HH].c1cnc2c(c1)CNN2. The summed E-state index contributed by atoms with van der Waals surface area (Å²) in [5.41, 5.74) is 7.15. The second-order valence-electron chi connectivity index (χ2n) is 1.99. The average molecular weight is 153 g/mol. The van der Waals surface area contributed by atoms with E-state index in [0.717, 1.165) is 12.4 Å². The summed E-state index contributed by atoms with van der Waals surface area (Å²) in [5, 5.41) is 0. The van der Waals surface area contributed by atoms with Gasteiger partial charge in [-0.25, -0.2) is 10.4 Å². The first kappa shape index (κ1) is 8.01. The van der Waals surface area contributed by atoms with Crippen molar-refractivity contribution in [1.29, 1.82) is 0 Å². The molecule has 0 aromatic carbocycles. The number of nitrogens with zero attached hydrogens (tertiary/aromatic N) is 1. The quantitative estimate of drug-likeness (QED) is 0.596. The number of hydrogen-bond acceptors (Lipinski definition) is 3. The molecule has 0 atom stereocenters. The Morgan fingerprint density at radius 1 is 1.55 bits per heavy atom. The summed E-state index contributed by atoms with van der Waals surface area (Å²) in [6.07, 6.45) is 1.78. The van der Waals surface area contributed by atoms with E-state index in [4.69, 9.17) is 0 Å². The van der Waals surface area contributed by atoms with Crippen LogP contribution in [0.4, 0.5) is 5.82 Å². The molecule has 0 radical (unpaired) electrons. The standard InChI is InChI=1S/C6H7N3.C2H6.H2/c1-2-5-4-8-9-6(5)7-3-1;1-2;/h1-3,8H,4H2,(H,7,9);1-2H3;1H. The van der Waals surface area contributed by atoms with Crippen molar-refractivity contribution in [3.05, 3.63) is 23.9 Å². The lowest BCUT2D eigenvalue weighted by Crippen LogP contribution is -2.11. The fourth-order valence-corrected chi connectivity index (χ4v) is 0.917. The second kappa shape index (κ2) is 3.93. The zero-order chi connectivity index (χ0) is 8.10. The molecule has 0 fully saturated rings. The summed E-state index contributed by atoms with van der Waals surface area (Å²) in [4.78, 5) is 4.09. The Hall–Kier alpha value is -1.09. The number of aromatic nitrogens is 1. The normalized spacial score (nSPS) is 12.5. The maximum Gasteiger partial charge on any atom is 0.144 e. The number of fused-ring (bicyclic) bond motifs is 1. The van der Waals surface area contributed by atoms with Crippen LogP contribution in [0.1, 0.15) is 20.8 Å². The van der Waals surface area contributed by atoms with Gasteiger partial charge < -0.3 is 5.43 Å². The number of rotatable bonds is 0. The molecule has 1 aliphatic heterocycles. The molecule has 62 valence electrons. The van der Waals surface area contributed by atoms with Crippen LogP contribution in [0.5, 0.6) is 0 Å². The lowest BCUT2D eigenvalue weighted by molar-refractivity contribution is 0.859. The Morgan fingerprint density at radius 3 is 3.09 bits per heavy atom. The highest BCUT2D eigenvalue weighted by atomic mass is 15.4. The number of nitrogens with one attached hydrogen (secondary N) is 2. The van der Waals surface area contributed by atoms with Crippen molar-refractivity contribution in [2.75, 3.05) is 5.43 Å². The second-order valence-corrected chi connectivity index (χ2v) is 1.99. The van der Waals surface area contributed by atoms with E-state index in [1.807, 2.05) is 19.9 Å². The van der Waals surface area contributed by atoms with Gasteiger partial charge in [-0.1, -0.05) is 19.9 Å². The first-order valence-corrected chi connectivity index (χ1v) is 3.89. The van der Waals surface area contributed by atoms with E-state index < -0.39 is 0 Å². The molecule has 0 amide bonds. The molecule has 2 heterocycles. The van der Waals surface area contributed by atoms with Gasteiger partial charge in [0.2, 0.25) is 0 Å². The van der Waals surface area contributed by atoms with E-state index in [9.17, 15) is 0 Å². The minimum Gasteiger partial charge on any atom is -0.305 e. The molecule has 0 spiro atoms. The number of hydrazine groups is 1. The molecule has 3 heteroatoms. The monoisotopic (exact) mass is 153 g/mol. The van der Waals surface area contributed by atoms with Crippen molar-refractivity contribution in [1.82, 2.24) is 10.4 Å². The van der Waals surface area contributed by atoms with E-state index in [-0.39, 0.29) is 1.43 Å². The van der Waals surface area contributed by atoms with Crippen LogP contribution in [-0.4, -0.2) is 4.98 Å². The topological polar surface area (TPSA) is 37.0 Å².